The smallest absolute Gasteiger partial charge is 0.142 e. The van der Waals surface area contributed by atoms with Gasteiger partial charge in [-0.1, -0.05) is 37.6 Å². The summed E-state index contributed by atoms with van der Waals surface area (Å²) in [7, 11) is 0. The van der Waals surface area contributed by atoms with Gasteiger partial charge in [-0.05, 0) is 12.0 Å². The number of para-hydroxylation sites is 1. The molecule has 78 valence electrons. The SMILES string of the molecule is CC(C)COc1c(Cl)cccc1CCl. The second-order valence-corrected chi connectivity index (χ2v) is 4.24. The molecular formula is C11H14Cl2O. The highest BCUT2D eigenvalue weighted by Gasteiger charge is 2.07. The average molecular weight is 233 g/mol. The van der Waals surface area contributed by atoms with Crippen molar-refractivity contribution in [2.75, 3.05) is 6.61 Å². The molecule has 0 atom stereocenters. The van der Waals surface area contributed by atoms with E-state index in [0.717, 1.165) is 11.3 Å². The van der Waals surface area contributed by atoms with Crippen LogP contribution in [-0.2, 0) is 5.88 Å². The van der Waals surface area contributed by atoms with E-state index < -0.39 is 0 Å². The number of ether oxygens (including phenoxy) is 1. The monoisotopic (exact) mass is 232 g/mol. The molecule has 14 heavy (non-hydrogen) atoms. The van der Waals surface area contributed by atoms with Crippen LogP contribution in [0.4, 0.5) is 0 Å². The molecule has 1 aromatic rings. The molecule has 1 aromatic carbocycles. The van der Waals surface area contributed by atoms with Gasteiger partial charge in [0.2, 0.25) is 0 Å². The Hall–Kier alpha value is -0.400. The second kappa shape index (κ2) is 5.47. The molecule has 0 heterocycles. The van der Waals surface area contributed by atoms with Gasteiger partial charge in [0.25, 0.3) is 0 Å². The molecule has 0 N–H and O–H groups in total. The van der Waals surface area contributed by atoms with E-state index >= 15 is 0 Å². The molecular weight excluding hydrogens is 219 g/mol. The third-order valence-corrected chi connectivity index (χ3v) is 2.34. The first kappa shape index (κ1) is 11.7. The quantitative estimate of drug-likeness (QED) is 0.711. The zero-order valence-corrected chi connectivity index (χ0v) is 9.90. The molecule has 0 aromatic heterocycles. The van der Waals surface area contributed by atoms with Crippen LogP contribution < -0.4 is 4.74 Å². The number of hydrogen-bond acceptors (Lipinski definition) is 1. The topological polar surface area (TPSA) is 9.23 Å². The van der Waals surface area contributed by atoms with Gasteiger partial charge in [-0.2, -0.15) is 0 Å². The number of rotatable bonds is 4. The van der Waals surface area contributed by atoms with Crippen LogP contribution in [0.3, 0.4) is 0 Å². The molecule has 0 aliphatic heterocycles. The summed E-state index contributed by atoms with van der Waals surface area (Å²) < 4.78 is 5.60. The van der Waals surface area contributed by atoms with Crippen molar-refractivity contribution in [1.29, 1.82) is 0 Å². The predicted octanol–water partition coefficient (Wildman–Crippen LogP) is 4.11. The van der Waals surface area contributed by atoms with Crippen molar-refractivity contribution in [3.05, 3.63) is 28.8 Å². The normalized spacial score (nSPS) is 10.6. The molecule has 0 radical (unpaired) electrons. The second-order valence-electron chi connectivity index (χ2n) is 3.57. The van der Waals surface area contributed by atoms with E-state index in [2.05, 4.69) is 13.8 Å². The minimum atomic E-state index is 0.425. The molecule has 0 unspecified atom stereocenters. The van der Waals surface area contributed by atoms with Gasteiger partial charge < -0.3 is 4.74 Å². The van der Waals surface area contributed by atoms with E-state index in [-0.39, 0.29) is 0 Å². The summed E-state index contributed by atoms with van der Waals surface area (Å²) in [6.45, 7) is 4.85. The van der Waals surface area contributed by atoms with E-state index in [1.165, 1.54) is 0 Å². The summed E-state index contributed by atoms with van der Waals surface area (Å²) >= 11 is 11.8. The lowest BCUT2D eigenvalue weighted by atomic mass is 10.2. The van der Waals surface area contributed by atoms with Crippen LogP contribution in [0.5, 0.6) is 5.75 Å². The maximum Gasteiger partial charge on any atom is 0.142 e. The van der Waals surface area contributed by atoms with Crippen LogP contribution in [0.15, 0.2) is 18.2 Å². The third-order valence-electron chi connectivity index (χ3n) is 1.75. The van der Waals surface area contributed by atoms with Crippen LogP contribution in [0.1, 0.15) is 19.4 Å². The average Bonchev–Trinajstić information content (AvgIpc) is 2.15. The van der Waals surface area contributed by atoms with Crippen molar-refractivity contribution < 1.29 is 4.74 Å². The summed E-state index contributed by atoms with van der Waals surface area (Å²) in [5, 5.41) is 0.629. The Bertz CT molecular complexity index is 297. The Morgan fingerprint density at radius 1 is 1.36 bits per heavy atom. The van der Waals surface area contributed by atoms with Crippen LogP contribution in [0.2, 0.25) is 5.02 Å². The number of halogens is 2. The Morgan fingerprint density at radius 3 is 2.64 bits per heavy atom. The fourth-order valence-electron chi connectivity index (χ4n) is 1.07. The van der Waals surface area contributed by atoms with Crippen LogP contribution in [-0.4, -0.2) is 6.61 Å². The van der Waals surface area contributed by atoms with Crippen LogP contribution >= 0.6 is 23.2 Å². The van der Waals surface area contributed by atoms with E-state index in [4.69, 9.17) is 27.9 Å². The van der Waals surface area contributed by atoms with Crippen LogP contribution in [0, 0.1) is 5.92 Å². The van der Waals surface area contributed by atoms with Crippen molar-refractivity contribution >= 4 is 23.2 Å². The Kier molecular flexibility index (Phi) is 4.56. The zero-order chi connectivity index (χ0) is 10.6. The van der Waals surface area contributed by atoms with E-state index in [9.17, 15) is 0 Å². The Balaban J connectivity index is 2.82. The van der Waals surface area contributed by atoms with Gasteiger partial charge in [0.1, 0.15) is 5.75 Å². The lowest BCUT2D eigenvalue weighted by Gasteiger charge is -2.13. The van der Waals surface area contributed by atoms with E-state index in [0.29, 0.717) is 23.4 Å². The van der Waals surface area contributed by atoms with Crippen molar-refractivity contribution in [1.82, 2.24) is 0 Å². The molecule has 0 aliphatic carbocycles. The minimum absolute atomic E-state index is 0.425. The summed E-state index contributed by atoms with van der Waals surface area (Å²) in [6, 6.07) is 5.62. The molecule has 0 amide bonds. The predicted molar refractivity (Wildman–Crippen MR) is 61.3 cm³/mol. The standard InChI is InChI=1S/C11H14Cl2O/c1-8(2)7-14-11-9(6-12)4-3-5-10(11)13/h3-5,8H,6-7H2,1-2H3. The van der Waals surface area contributed by atoms with Crippen molar-refractivity contribution in [3.8, 4) is 5.75 Å². The maximum absolute atomic E-state index is 6.01. The summed E-state index contributed by atoms with van der Waals surface area (Å²) in [5.41, 5.74) is 0.944. The fraction of sp³-hybridized carbons (Fsp3) is 0.455. The molecule has 1 rings (SSSR count). The fourth-order valence-corrected chi connectivity index (χ4v) is 1.53. The molecule has 0 aliphatic rings. The highest BCUT2D eigenvalue weighted by atomic mass is 35.5. The van der Waals surface area contributed by atoms with E-state index in [1.807, 2.05) is 18.2 Å². The van der Waals surface area contributed by atoms with Crippen molar-refractivity contribution in [2.24, 2.45) is 5.92 Å². The number of alkyl halides is 1. The third kappa shape index (κ3) is 3.07. The highest BCUT2D eigenvalue weighted by molar-refractivity contribution is 6.32. The maximum atomic E-state index is 6.01. The first-order valence-corrected chi connectivity index (χ1v) is 5.52. The number of benzene rings is 1. The van der Waals surface area contributed by atoms with E-state index in [1.54, 1.807) is 0 Å². The number of hydrogen-bond donors (Lipinski definition) is 0. The van der Waals surface area contributed by atoms with Gasteiger partial charge in [0, 0.05) is 5.56 Å². The molecule has 1 nitrogen and oxygen atoms in total. The van der Waals surface area contributed by atoms with Gasteiger partial charge in [-0.3, -0.25) is 0 Å². The van der Waals surface area contributed by atoms with Crippen LogP contribution in [0.25, 0.3) is 0 Å². The first-order valence-electron chi connectivity index (χ1n) is 4.61. The Labute approximate surface area is 95.0 Å². The summed E-state index contributed by atoms with van der Waals surface area (Å²) in [5.74, 6) is 1.63. The highest BCUT2D eigenvalue weighted by Crippen LogP contribution is 2.30. The minimum Gasteiger partial charge on any atom is -0.491 e. The molecule has 0 bridgehead atoms. The van der Waals surface area contributed by atoms with Gasteiger partial charge in [-0.15, -0.1) is 11.6 Å². The molecule has 0 saturated carbocycles. The lowest BCUT2D eigenvalue weighted by molar-refractivity contribution is 0.269. The molecule has 3 heteroatoms. The van der Waals surface area contributed by atoms with Gasteiger partial charge in [-0.25, -0.2) is 0 Å². The van der Waals surface area contributed by atoms with Gasteiger partial charge >= 0.3 is 0 Å². The van der Waals surface area contributed by atoms with Crippen molar-refractivity contribution in [2.45, 2.75) is 19.7 Å². The van der Waals surface area contributed by atoms with Gasteiger partial charge in [0.05, 0.1) is 17.5 Å². The largest absolute Gasteiger partial charge is 0.491 e. The summed E-state index contributed by atoms with van der Waals surface area (Å²) in [4.78, 5) is 0. The molecule has 0 spiro atoms. The molecule has 0 saturated heterocycles. The summed E-state index contributed by atoms with van der Waals surface area (Å²) in [6.07, 6.45) is 0. The molecule has 0 fully saturated rings. The first-order chi connectivity index (χ1) is 6.65. The lowest BCUT2D eigenvalue weighted by Crippen LogP contribution is -2.06. The zero-order valence-electron chi connectivity index (χ0n) is 8.39. The Morgan fingerprint density at radius 2 is 2.07 bits per heavy atom. The van der Waals surface area contributed by atoms with Crippen molar-refractivity contribution in [3.63, 3.8) is 0 Å². The van der Waals surface area contributed by atoms with Gasteiger partial charge in [0.15, 0.2) is 0 Å².